The second kappa shape index (κ2) is 13.0. The topological polar surface area (TPSA) is 30.7 Å². The van der Waals surface area contributed by atoms with E-state index in [4.69, 9.17) is 10.1 Å². The van der Waals surface area contributed by atoms with Gasteiger partial charge in [-0.3, -0.25) is 0 Å². The minimum Gasteiger partial charge on any atom is -0.217 e. The van der Waals surface area contributed by atoms with E-state index in [9.17, 15) is 0 Å². The lowest BCUT2D eigenvalue weighted by molar-refractivity contribution is 0.590. The Balaban J connectivity index is 1.47. The molecule has 0 saturated carbocycles. The van der Waals surface area contributed by atoms with E-state index in [2.05, 4.69) is 158 Å². The zero-order chi connectivity index (χ0) is 34.2. The first kappa shape index (κ1) is 33.2. The van der Waals surface area contributed by atoms with E-state index in [1.165, 1.54) is 55.6 Å². The summed E-state index contributed by atoms with van der Waals surface area (Å²) in [7, 11) is 0. The number of rotatable bonds is 7. The van der Waals surface area contributed by atoms with Crippen molar-refractivity contribution in [1.29, 1.82) is 0 Å². The first-order chi connectivity index (χ1) is 22.8. The van der Waals surface area contributed by atoms with Gasteiger partial charge in [0, 0.05) is 12.0 Å². The first-order valence-electron chi connectivity index (χ1n) is 17.3. The molecule has 0 radical (unpaired) electrons. The summed E-state index contributed by atoms with van der Waals surface area (Å²) in [5, 5.41) is 5.04. The van der Waals surface area contributed by atoms with Crippen LogP contribution >= 0.6 is 0 Å². The van der Waals surface area contributed by atoms with E-state index >= 15 is 0 Å². The fraction of sp³-hybridized carbons (Fsp3) is 0.289. The second-order valence-corrected chi connectivity index (χ2v) is 15.3. The summed E-state index contributed by atoms with van der Waals surface area (Å²) in [6.07, 6.45) is 1.87. The summed E-state index contributed by atoms with van der Waals surface area (Å²) >= 11 is 0. The molecule has 0 aliphatic heterocycles. The van der Waals surface area contributed by atoms with Crippen LogP contribution in [0.15, 0.2) is 109 Å². The second-order valence-electron chi connectivity index (χ2n) is 15.3. The lowest BCUT2D eigenvalue weighted by Crippen LogP contribution is -2.10. The van der Waals surface area contributed by atoms with Gasteiger partial charge >= 0.3 is 0 Å². The van der Waals surface area contributed by atoms with Crippen LogP contribution in [0.3, 0.4) is 0 Å². The number of aromatic nitrogens is 3. The smallest absolute Gasteiger partial charge is 0.181 e. The summed E-state index contributed by atoms with van der Waals surface area (Å²) < 4.78 is 2.06. The molecular formula is C45H49N3. The van der Waals surface area contributed by atoms with Crippen LogP contribution in [0, 0.1) is 13.8 Å². The van der Waals surface area contributed by atoms with Gasteiger partial charge in [-0.05, 0) is 117 Å². The predicted octanol–water partition coefficient (Wildman–Crippen LogP) is 12.1. The minimum atomic E-state index is 0.111. The summed E-state index contributed by atoms with van der Waals surface area (Å²) in [5.41, 5.74) is 14.8. The molecule has 3 nitrogen and oxygen atoms in total. The first-order valence-corrected chi connectivity index (χ1v) is 17.3. The molecule has 0 saturated heterocycles. The molecular weight excluding hydrogens is 583 g/mol. The number of hydrogen-bond acceptors (Lipinski definition) is 2. The van der Waals surface area contributed by atoms with Crippen molar-refractivity contribution in [1.82, 2.24) is 14.8 Å². The van der Waals surface area contributed by atoms with Gasteiger partial charge in [0.15, 0.2) is 5.82 Å². The van der Waals surface area contributed by atoms with Crippen LogP contribution in [0.5, 0.6) is 0 Å². The Morgan fingerprint density at radius 2 is 1.06 bits per heavy atom. The Bertz CT molecular complexity index is 1960. The van der Waals surface area contributed by atoms with E-state index in [-0.39, 0.29) is 10.8 Å². The molecule has 244 valence electrons. The Labute approximate surface area is 287 Å². The van der Waals surface area contributed by atoms with Gasteiger partial charge in [-0.1, -0.05) is 127 Å². The molecule has 1 heterocycles. The fourth-order valence-electron chi connectivity index (χ4n) is 6.41. The van der Waals surface area contributed by atoms with Crippen LogP contribution < -0.4 is 0 Å². The van der Waals surface area contributed by atoms with Gasteiger partial charge in [-0.2, -0.15) is 0 Å². The third kappa shape index (κ3) is 6.92. The van der Waals surface area contributed by atoms with Crippen LogP contribution in [-0.2, 0) is 17.3 Å². The number of benzene rings is 5. The normalized spacial score (nSPS) is 12.0. The van der Waals surface area contributed by atoms with E-state index in [1.807, 2.05) is 18.2 Å². The van der Waals surface area contributed by atoms with Gasteiger partial charge < -0.3 is 0 Å². The predicted molar refractivity (Wildman–Crippen MR) is 204 cm³/mol. The van der Waals surface area contributed by atoms with Crippen LogP contribution in [0.25, 0.3) is 50.5 Å². The average Bonchev–Trinajstić information content (AvgIpc) is 3.49. The zero-order valence-electron chi connectivity index (χ0n) is 30.1. The van der Waals surface area contributed by atoms with E-state index in [1.54, 1.807) is 0 Å². The standard InChI is InChI=1S/C45H49N3/c1-10-14-42-46-43(34-15-12-11-13-16-34)47-48(42)41-26-30(2)40(25-31(41)3)37-28-35(32-17-21-38(22-18-32)44(4,5)6)27-36(29-37)33-19-23-39(24-20-33)45(7,8)9/h11-13,15-29H,10,14H2,1-9H3. The Morgan fingerprint density at radius 3 is 1.56 bits per heavy atom. The van der Waals surface area contributed by atoms with Crippen molar-refractivity contribution in [2.45, 2.75) is 86.0 Å². The highest BCUT2D eigenvalue weighted by Crippen LogP contribution is 2.37. The molecule has 1 aromatic heterocycles. The van der Waals surface area contributed by atoms with Crippen molar-refractivity contribution in [3.63, 3.8) is 0 Å². The molecule has 0 bridgehead atoms. The van der Waals surface area contributed by atoms with Crippen LogP contribution in [0.2, 0.25) is 0 Å². The maximum atomic E-state index is 5.04. The van der Waals surface area contributed by atoms with Crippen LogP contribution in [-0.4, -0.2) is 14.8 Å². The Kier molecular flexibility index (Phi) is 9.00. The third-order valence-corrected chi connectivity index (χ3v) is 9.36. The largest absolute Gasteiger partial charge is 0.217 e. The van der Waals surface area contributed by atoms with Gasteiger partial charge in [0.05, 0.1) is 5.69 Å². The highest BCUT2D eigenvalue weighted by atomic mass is 15.4. The molecule has 5 aromatic carbocycles. The SMILES string of the molecule is CCCc1nc(-c2ccccc2)nn1-c1cc(C)c(-c2cc(-c3ccc(C(C)(C)C)cc3)cc(-c3ccc(C(C)(C)C)cc3)c2)cc1C. The molecule has 6 aromatic rings. The van der Waals surface area contributed by atoms with Crippen molar-refractivity contribution in [2.75, 3.05) is 0 Å². The summed E-state index contributed by atoms with van der Waals surface area (Å²) in [6, 6.07) is 40.1. The van der Waals surface area contributed by atoms with Gasteiger partial charge in [0.1, 0.15) is 5.82 Å². The van der Waals surface area contributed by atoms with Crippen molar-refractivity contribution in [2.24, 2.45) is 0 Å². The van der Waals surface area contributed by atoms with Crippen molar-refractivity contribution < 1.29 is 0 Å². The summed E-state index contributed by atoms with van der Waals surface area (Å²) in [4.78, 5) is 4.98. The summed E-state index contributed by atoms with van der Waals surface area (Å²) in [6.45, 7) is 20.2. The fourth-order valence-corrected chi connectivity index (χ4v) is 6.41. The number of nitrogens with zero attached hydrogens (tertiary/aromatic N) is 3. The monoisotopic (exact) mass is 631 g/mol. The Hall–Kier alpha value is -4.76. The molecule has 3 heteroatoms. The average molecular weight is 632 g/mol. The van der Waals surface area contributed by atoms with E-state index in [0.717, 1.165) is 35.7 Å². The quantitative estimate of drug-likeness (QED) is 0.175. The van der Waals surface area contributed by atoms with E-state index < -0.39 is 0 Å². The minimum absolute atomic E-state index is 0.111. The zero-order valence-corrected chi connectivity index (χ0v) is 30.1. The van der Waals surface area contributed by atoms with Gasteiger partial charge in [-0.25, -0.2) is 9.67 Å². The van der Waals surface area contributed by atoms with Crippen molar-refractivity contribution in [3.8, 4) is 50.5 Å². The molecule has 0 fully saturated rings. The van der Waals surface area contributed by atoms with Gasteiger partial charge in [0.2, 0.25) is 0 Å². The number of aryl methyl sites for hydroxylation is 3. The molecule has 0 unspecified atom stereocenters. The van der Waals surface area contributed by atoms with Crippen LogP contribution in [0.4, 0.5) is 0 Å². The molecule has 48 heavy (non-hydrogen) atoms. The third-order valence-electron chi connectivity index (χ3n) is 9.36. The maximum absolute atomic E-state index is 5.04. The van der Waals surface area contributed by atoms with Gasteiger partial charge in [-0.15, -0.1) is 5.10 Å². The maximum Gasteiger partial charge on any atom is 0.181 e. The summed E-state index contributed by atoms with van der Waals surface area (Å²) in [5.74, 6) is 1.76. The molecule has 0 spiro atoms. The lowest BCUT2D eigenvalue weighted by Gasteiger charge is -2.20. The molecule has 0 amide bonds. The highest BCUT2D eigenvalue weighted by molar-refractivity contribution is 5.83. The molecule has 0 atom stereocenters. The van der Waals surface area contributed by atoms with Crippen molar-refractivity contribution in [3.05, 3.63) is 137 Å². The molecule has 0 N–H and O–H groups in total. The molecule has 0 aliphatic carbocycles. The lowest BCUT2D eigenvalue weighted by atomic mass is 9.85. The van der Waals surface area contributed by atoms with Gasteiger partial charge in [0.25, 0.3) is 0 Å². The molecule has 0 aliphatic rings. The highest BCUT2D eigenvalue weighted by Gasteiger charge is 2.19. The van der Waals surface area contributed by atoms with Crippen LogP contribution in [0.1, 0.15) is 83.0 Å². The number of hydrogen-bond donors (Lipinski definition) is 0. The Morgan fingerprint density at radius 1 is 0.542 bits per heavy atom. The van der Waals surface area contributed by atoms with E-state index in [0.29, 0.717) is 0 Å². The van der Waals surface area contributed by atoms with Crippen molar-refractivity contribution >= 4 is 0 Å². The molecule has 6 rings (SSSR count).